The van der Waals surface area contributed by atoms with Crippen molar-refractivity contribution in [1.29, 1.82) is 0 Å². The average Bonchev–Trinajstić information content (AvgIpc) is 2.38. The molecule has 1 N–H and O–H groups in total. The SMILES string of the molecule is CNC(Cc1ccc(Cl)cc1F)C1(C)CCCCC1. The van der Waals surface area contributed by atoms with Gasteiger partial charge in [0.05, 0.1) is 0 Å². The van der Waals surface area contributed by atoms with Crippen molar-refractivity contribution in [3.05, 3.63) is 34.6 Å². The molecule has 1 aromatic carbocycles. The predicted molar refractivity (Wildman–Crippen MR) is 79.2 cm³/mol. The van der Waals surface area contributed by atoms with Gasteiger partial charge in [-0.25, -0.2) is 4.39 Å². The molecule has 0 spiro atoms. The standard InChI is InChI=1S/C16H23ClFN/c1-16(8-4-3-5-9-16)15(19-2)10-12-6-7-13(17)11-14(12)18/h6-7,11,15,19H,3-5,8-10H2,1-2H3. The lowest BCUT2D eigenvalue weighted by atomic mass is 9.69. The summed E-state index contributed by atoms with van der Waals surface area (Å²) >= 11 is 5.81. The Morgan fingerprint density at radius 2 is 2.00 bits per heavy atom. The van der Waals surface area contributed by atoms with Gasteiger partial charge >= 0.3 is 0 Å². The average molecular weight is 284 g/mol. The van der Waals surface area contributed by atoms with Crippen molar-refractivity contribution in [3.8, 4) is 0 Å². The maximum atomic E-state index is 13.9. The molecule has 0 saturated heterocycles. The molecule has 0 aliphatic heterocycles. The van der Waals surface area contributed by atoms with Gasteiger partial charge in [0, 0.05) is 11.1 Å². The molecule has 2 rings (SSSR count). The van der Waals surface area contributed by atoms with Gasteiger partial charge in [-0.15, -0.1) is 0 Å². The summed E-state index contributed by atoms with van der Waals surface area (Å²) in [6.45, 7) is 2.33. The second-order valence-electron chi connectivity index (χ2n) is 6.00. The zero-order chi connectivity index (χ0) is 13.9. The van der Waals surface area contributed by atoms with Gasteiger partial charge in [-0.3, -0.25) is 0 Å². The van der Waals surface area contributed by atoms with Crippen LogP contribution in [0.2, 0.25) is 5.02 Å². The van der Waals surface area contributed by atoms with Gasteiger partial charge in [0.15, 0.2) is 0 Å². The van der Waals surface area contributed by atoms with E-state index in [4.69, 9.17) is 11.6 Å². The number of hydrogen-bond acceptors (Lipinski definition) is 1. The molecule has 0 heterocycles. The Labute approximate surface area is 120 Å². The summed E-state index contributed by atoms with van der Waals surface area (Å²) in [5.74, 6) is -0.188. The van der Waals surface area contributed by atoms with Crippen molar-refractivity contribution >= 4 is 11.6 Å². The first-order valence-corrected chi connectivity index (χ1v) is 7.54. The molecule has 1 unspecified atom stereocenters. The Balaban J connectivity index is 2.14. The van der Waals surface area contributed by atoms with E-state index in [9.17, 15) is 4.39 Å². The molecule has 1 atom stereocenters. The highest BCUT2D eigenvalue weighted by molar-refractivity contribution is 6.30. The quantitative estimate of drug-likeness (QED) is 0.853. The van der Waals surface area contributed by atoms with Gasteiger partial charge in [0.2, 0.25) is 0 Å². The van der Waals surface area contributed by atoms with Gasteiger partial charge in [-0.1, -0.05) is 43.9 Å². The van der Waals surface area contributed by atoms with E-state index in [1.807, 2.05) is 13.1 Å². The van der Waals surface area contributed by atoms with E-state index in [0.29, 0.717) is 11.1 Å². The van der Waals surface area contributed by atoms with Gasteiger partial charge in [0.25, 0.3) is 0 Å². The minimum absolute atomic E-state index is 0.188. The minimum atomic E-state index is -0.188. The van der Waals surface area contributed by atoms with Crippen molar-refractivity contribution in [2.24, 2.45) is 5.41 Å². The first-order chi connectivity index (χ1) is 9.05. The molecule has 1 fully saturated rings. The molecule has 1 aliphatic carbocycles. The normalized spacial score (nSPS) is 20.2. The van der Waals surface area contributed by atoms with Crippen molar-refractivity contribution in [3.63, 3.8) is 0 Å². The Kier molecular flexibility index (Phi) is 4.86. The molecule has 0 radical (unpaired) electrons. The first kappa shape index (κ1) is 14.8. The highest BCUT2D eigenvalue weighted by Crippen LogP contribution is 2.40. The van der Waals surface area contributed by atoms with Gasteiger partial charge < -0.3 is 5.32 Å². The Morgan fingerprint density at radius 1 is 1.32 bits per heavy atom. The maximum absolute atomic E-state index is 13.9. The zero-order valence-electron chi connectivity index (χ0n) is 11.8. The second kappa shape index (κ2) is 6.23. The minimum Gasteiger partial charge on any atom is -0.316 e. The first-order valence-electron chi connectivity index (χ1n) is 7.16. The van der Waals surface area contributed by atoms with Crippen molar-refractivity contribution < 1.29 is 4.39 Å². The largest absolute Gasteiger partial charge is 0.316 e. The van der Waals surface area contributed by atoms with Gasteiger partial charge in [-0.2, -0.15) is 0 Å². The fourth-order valence-corrected chi connectivity index (χ4v) is 3.47. The number of rotatable bonds is 4. The molecule has 0 bridgehead atoms. The number of nitrogens with one attached hydrogen (secondary N) is 1. The van der Waals surface area contributed by atoms with Crippen molar-refractivity contribution in [1.82, 2.24) is 5.32 Å². The van der Waals surface area contributed by atoms with E-state index in [0.717, 1.165) is 12.0 Å². The molecule has 3 heteroatoms. The summed E-state index contributed by atoms with van der Waals surface area (Å²) in [6.07, 6.45) is 7.11. The van der Waals surface area contributed by atoms with Crippen LogP contribution >= 0.6 is 11.6 Å². The third-order valence-corrected chi connectivity index (χ3v) is 4.86. The van der Waals surface area contributed by atoms with Crippen LogP contribution in [-0.2, 0) is 6.42 Å². The highest BCUT2D eigenvalue weighted by atomic mass is 35.5. The molecule has 0 amide bonds. The molecular weight excluding hydrogens is 261 g/mol. The second-order valence-corrected chi connectivity index (χ2v) is 6.43. The summed E-state index contributed by atoms with van der Waals surface area (Å²) < 4.78 is 13.9. The highest BCUT2D eigenvalue weighted by Gasteiger charge is 2.34. The number of benzene rings is 1. The van der Waals surface area contributed by atoms with Gasteiger partial charge in [0.1, 0.15) is 5.82 Å². The lowest BCUT2D eigenvalue weighted by molar-refractivity contribution is 0.148. The summed E-state index contributed by atoms with van der Waals surface area (Å²) in [5, 5.41) is 3.87. The third kappa shape index (κ3) is 3.49. The maximum Gasteiger partial charge on any atom is 0.127 e. The van der Waals surface area contributed by atoms with Crippen LogP contribution in [0.15, 0.2) is 18.2 Å². The van der Waals surface area contributed by atoms with Gasteiger partial charge in [-0.05, 0) is 49.4 Å². The van der Waals surface area contributed by atoms with Crippen LogP contribution in [0.25, 0.3) is 0 Å². The topological polar surface area (TPSA) is 12.0 Å². The summed E-state index contributed by atoms with van der Waals surface area (Å²) in [7, 11) is 1.98. The Bertz CT molecular complexity index is 427. The smallest absolute Gasteiger partial charge is 0.127 e. The lowest BCUT2D eigenvalue weighted by Gasteiger charge is -2.41. The van der Waals surface area contributed by atoms with E-state index >= 15 is 0 Å². The molecular formula is C16H23ClFN. The zero-order valence-corrected chi connectivity index (χ0v) is 12.6. The molecule has 1 nitrogen and oxygen atoms in total. The summed E-state index contributed by atoms with van der Waals surface area (Å²) in [4.78, 5) is 0. The Hall–Kier alpha value is -0.600. The Morgan fingerprint density at radius 3 is 2.58 bits per heavy atom. The molecule has 1 saturated carbocycles. The van der Waals surface area contributed by atoms with E-state index in [-0.39, 0.29) is 11.2 Å². The number of hydrogen-bond donors (Lipinski definition) is 1. The molecule has 19 heavy (non-hydrogen) atoms. The van der Waals surface area contributed by atoms with Crippen LogP contribution in [0.3, 0.4) is 0 Å². The van der Waals surface area contributed by atoms with E-state index in [1.165, 1.54) is 38.2 Å². The molecule has 1 aliphatic rings. The summed E-state index contributed by atoms with van der Waals surface area (Å²) in [5.41, 5.74) is 1.04. The van der Waals surface area contributed by atoms with Crippen molar-refractivity contribution in [2.45, 2.75) is 51.5 Å². The lowest BCUT2D eigenvalue weighted by Crippen LogP contribution is -2.44. The van der Waals surface area contributed by atoms with Crippen LogP contribution in [0, 0.1) is 11.2 Å². The summed E-state index contributed by atoms with van der Waals surface area (Å²) in [6, 6.07) is 5.32. The van der Waals surface area contributed by atoms with Crippen LogP contribution in [0.1, 0.15) is 44.6 Å². The van der Waals surface area contributed by atoms with Crippen molar-refractivity contribution in [2.75, 3.05) is 7.05 Å². The van der Waals surface area contributed by atoms with Crippen LogP contribution < -0.4 is 5.32 Å². The monoisotopic (exact) mass is 283 g/mol. The van der Waals surface area contributed by atoms with Crippen LogP contribution in [0.4, 0.5) is 4.39 Å². The molecule has 1 aromatic rings. The third-order valence-electron chi connectivity index (χ3n) is 4.62. The van der Waals surface area contributed by atoms with E-state index < -0.39 is 0 Å². The van der Waals surface area contributed by atoms with Crippen LogP contribution in [0.5, 0.6) is 0 Å². The van der Waals surface area contributed by atoms with Crippen LogP contribution in [-0.4, -0.2) is 13.1 Å². The van der Waals surface area contributed by atoms with E-state index in [2.05, 4.69) is 12.2 Å². The number of halogens is 2. The fraction of sp³-hybridized carbons (Fsp3) is 0.625. The fourth-order valence-electron chi connectivity index (χ4n) is 3.31. The predicted octanol–water partition coefficient (Wildman–Crippen LogP) is 4.58. The molecule has 0 aromatic heterocycles. The van der Waals surface area contributed by atoms with E-state index in [1.54, 1.807) is 6.07 Å². The molecule has 106 valence electrons. The number of likely N-dealkylation sites (N-methyl/N-ethyl adjacent to an activating group) is 1.